The predicted molar refractivity (Wildman–Crippen MR) is 127 cm³/mol. The van der Waals surface area contributed by atoms with Gasteiger partial charge in [-0.05, 0) is 85.8 Å². The highest BCUT2D eigenvalue weighted by Gasteiger charge is 2.60. The maximum Gasteiger partial charge on any atom is 0.246 e. The zero-order valence-electron chi connectivity index (χ0n) is 20.1. The Labute approximate surface area is 192 Å². The largest absolute Gasteiger partial charge is 0.353 e. The van der Waals surface area contributed by atoms with Crippen molar-refractivity contribution in [2.45, 2.75) is 77.8 Å². The number of hydrogen-bond donors (Lipinski definition) is 1. The summed E-state index contributed by atoms with van der Waals surface area (Å²) in [5, 5.41) is 3.46. The summed E-state index contributed by atoms with van der Waals surface area (Å²) in [5.41, 5.74) is 2.58. The van der Waals surface area contributed by atoms with Gasteiger partial charge in [0.1, 0.15) is 0 Å². The fraction of sp³-hybridized carbons (Fsp3) is 0.643. The second-order valence-corrected chi connectivity index (χ2v) is 11.5. The molecule has 172 valence electrons. The van der Waals surface area contributed by atoms with E-state index in [-0.39, 0.29) is 28.7 Å². The molecule has 0 saturated heterocycles. The minimum atomic E-state index is 0.0824. The SMILES string of the molecule is Cc1ccccc1CC(=O)N[C@H]1CC[C@H]2[C@@H]3CC[C@H]4N(C)C(=O)C=C[C@]4(C)[C@H]3CC[C@]12C. The Hall–Kier alpha value is -2.10. The van der Waals surface area contributed by atoms with E-state index in [4.69, 9.17) is 0 Å². The Morgan fingerprint density at radius 2 is 1.88 bits per heavy atom. The molecule has 0 bridgehead atoms. The Bertz CT molecular complexity index is 955. The van der Waals surface area contributed by atoms with Crippen molar-refractivity contribution in [3.05, 3.63) is 47.5 Å². The highest BCUT2D eigenvalue weighted by Crippen LogP contribution is 2.63. The smallest absolute Gasteiger partial charge is 0.246 e. The maximum atomic E-state index is 13.0. The zero-order valence-corrected chi connectivity index (χ0v) is 20.1. The van der Waals surface area contributed by atoms with E-state index < -0.39 is 0 Å². The van der Waals surface area contributed by atoms with Crippen LogP contribution in [0.4, 0.5) is 0 Å². The molecule has 7 atom stereocenters. The molecule has 1 aliphatic heterocycles. The molecule has 4 nitrogen and oxygen atoms in total. The van der Waals surface area contributed by atoms with Crippen molar-refractivity contribution in [1.82, 2.24) is 10.2 Å². The predicted octanol–water partition coefficient (Wildman–Crippen LogP) is 4.66. The first kappa shape index (κ1) is 21.7. The van der Waals surface area contributed by atoms with Gasteiger partial charge in [0.15, 0.2) is 0 Å². The Balaban J connectivity index is 1.32. The molecule has 0 aromatic heterocycles. The molecule has 0 radical (unpaired) electrons. The summed E-state index contributed by atoms with van der Waals surface area (Å²) in [6, 6.07) is 8.81. The van der Waals surface area contributed by atoms with Crippen LogP contribution in [0.2, 0.25) is 0 Å². The number of nitrogens with one attached hydrogen (secondary N) is 1. The minimum Gasteiger partial charge on any atom is -0.353 e. The fourth-order valence-electron chi connectivity index (χ4n) is 8.20. The van der Waals surface area contributed by atoms with Crippen LogP contribution in [0, 0.1) is 35.5 Å². The van der Waals surface area contributed by atoms with Gasteiger partial charge in [-0.15, -0.1) is 0 Å². The molecule has 5 rings (SSSR count). The molecular weight excluding hydrogens is 396 g/mol. The molecule has 1 aromatic carbocycles. The van der Waals surface area contributed by atoms with Crippen molar-refractivity contribution in [2.24, 2.45) is 28.6 Å². The molecule has 3 saturated carbocycles. The molecule has 0 spiro atoms. The van der Waals surface area contributed by atoms with Crippen LogP contribution in [-0.4, -0.2) is 35.8 Å². The second-order valence-electron chi connectivity index (χ2n) is 11.5. The van der Waals surface area contributed by atoms with Gasteiger partial charge in [0.05, 0.1) is 6.42 Å². The number of amides is 2. The third kappa shape index (κ3) is 3.24. The monoisotopic (exact) mass is 434 g/mol. The van der Waals surface area contributed by atoms with E-state index in [1.54, 1.807) is 0 Å². The van der Waals surface area contributed by atoms with E-state index in [2.05, 4.69) is 44.3 Å². The van der Waals surface area contributed by atoms with E-state index >= 15 is 0 Å². The Morgan fingerprint density at radius 3 is 2.66 bits per heavy atom. The average Bonchev–Trinajstić information content (AvgIpc) is 3.09. The van der Waals surface area contributed by atoms with Crippen molar-refractivity contribution < 1.29 is 9.59 Å². The van der Waals surface area contributed by atoms with Gasteiger partial charge in [0, 0.05) is 24.5 Å². The van der Waals surface area contributed by atoms with Gasteiger partial charge in [-0.25, -0.2) is 0 Å². The molecule has 2 amide bonds. The summed E-state index contributed by atoms with van der Waals surface area (Å²) in [5.74, 6) is 2.31. The first-order valence-corrected chi connectivity index (χ1v) is 12.5. The molecule has 3 fully saturated rings. The molecule has 4 heteroatoms. The topological polar surface area (TPSA) is 49.4 Å². The number of carbonyl (C=O) groups is 2. The number of nitrogens with zero attached hydrogens (tertiary/aromatic N) is 1. The van der Waals surface area contributed by atoms with Gasteiger partial charge in [0.25, 0.3) is 0 Å². The average molecular weight is 435 g/mol. The third-order valence-electron chi connectivity index (χ3n) is 10.1. The minimum absolute atomic E-state index is 0.0824. The van der Waals surface area contributed by atoms with Gasteiger partial charge in [0.2, 0.25) is 11.8 Å². The lowest BCUT2D eigenvalue weighted by atomic mass is 9.48. The fourth-order valence-corrected chi connectivity index (χ4v) is 8.20. The molecule has 0 unspecified atom stereocenters. The lowest BCUT2D eigenvalue weighted by molar-refractivity contribution is -0.138. The van der Waals surface area contributed by atoms with Crippen LogP contribution in [0.1, 0.15) is 63.5 Å². The number of benzene rings is 1. The van der Waals surface area contributed by atoms with Crippen LogP contribution in [-0.2, 0) is 16.0 Å². The van der Waals surface area contributed by atoms with E-state index in [1.165, 1.54) is 31.2 Å². The van der Waals surface area contributed by atoms with Crippen molar-refractivity contribution in [2.75, 3.05) is 7.05 Å². The number of aryl methyl sites for hydroxylation is 1. The van der Waals surface area contributed by atoms with E-state index in [0.29, 0.717) is 30.2 Å². The standard InChI is InChI=1S/C28H38N2O2/c1-18-7-5-6-8-19(18)17-25(31)29-23-11-10-21-20-9-12-24-28(3,16-14-26(32)30(24)4)22(20)13-15-27(21,23)2/h5-8,14,16,20-24H,9-13,15,17H2,1-4H3,(H,29,31)/t20-,21-,22-,23-,24+,27-,28+/m0/s1. The summed E-state index contributed by atoms with van der Waals surface area (Å²) < 4.78 is 0. The first-order chi connectivity index (χ1) is 15.2. The van der Waals surface area contributed by atoms with Crippen LogP contribution in [0.5, 0.6) is 0 Å². The molecular formula is C28H38N2O2. The molecule has 3 aliphatic carbocycles. The van der Waals surface area contributed by atoms with Gasteiger partial charge in [-0.2, -0.15) is 0 Å². The zero-order chi connectivity index (χ0) is 22.7. The number of carbonyl (C=O) groups excluding carboxylic acids is 2. The second kappa shape index (κ2) is 7.74. The van der Waals surface area contributed by atoms with E-state index in [0.717, 1.165) is 18.4 Å². The van der Waals surface area contributed by atoms with Crippen molar-refractivity contribution >= 4 is 11.8 Å². The normalized spacial score (nSPS) is 40.4. The van der Waals surface area contributed by atoms with Crippen molar-refractivity contribution in [1.29, 1.82) is 0 Å². The van der Waals surface area contributed by atoms with Crippen molar-refractivity contribution in [3.63, 3.8) is 0 Å². The molecule has 1 N–H and O–H groups in total. The van der Waals surface area contributed by atoms with Crippen LogP contribution < -0.4 is 5.32 Å². The highest BCUT2D eigenvalue weighted by molar-refractivity contribution is 5.89. The third-order valence-corrected chi connectivity index (χ3v) is 10.1. The summed E-state index contributed by atoms with van der Waals surface area (Å²) in [6.07, 6.45) is 11.5. The first-order valence-electron chi connectivity index (χ1n) is 12.5. The van der Waals surface area contributed by atoms with Gasteiger partial charge in [-0.3, -0.25) is 9.59 Å². The summed E-state index contributed by atoms with van der Waals surface area (Å²) >= 11 is 0. The summed E-state index contributed by atoms with van der Waals surface area (Å²) in [6.45, 7) is 6.92. The van der Waals surface area contributed by atoms with Gasteiger partial charge < -0.3 is 10.2 Å². The maximum absolute atomic E-state index is 13.0. The van der Waals surface area contributed by atoms with Gasteiger partial charge >= 0.3 is 0 Å². The quantitative estimate of drug-likeness (QED) is 0.752. The Morgan fingerprint density at radius 1 is 1.09 bits per heavy atom. The molecule has 1 aromatic rings. The van der Waals surface area contributed by atoms with Crippen LogP contribution in [0.25, 0.3) is 0 Å². The number of rotatable bonds is 3. The van der Waals surface area contributed by atoms with Crippen LogP contribution in [0.3, 0.4) is 0 Å². The van der Waals surface area contributed by atoms with E-state index in [9.17, 15) is 9.59 Å². The highest BCUT2D eigenvalue weighted by atomic mass is 16.2. The summed E-state index contributed by atoms with van der Waals surface area (Å²) in [4.78, 5) is 27.2. The number of fused-ring (bicyclic) bond motifs is 5. The molecule has 1 heterocycles. The number of hydrogen-bond acceptors (Lipinski definition) is 2. The molecule has 4 aliphatic rings. The van der Waals surface area contributed by atoms with Crippen LogP contribution in [0.15, 0.2) is 36.4 Å². The molecule has 32 heavy (non-hydrogen) atoms. The lowest BCUT2D eigenvalue weighted by Crippen LogP contribution is -2.60. The summed E-state index contributed by atoms with van der Waals surface area (Å²) in [7, 11) is 1.98. The lowest BCUT2D eigenvalue weighted by Gasteiger charge is -2.60. The van der Waals surface area contributed by atoms with Gasteiger partial charge in [-0.1, -0.05) is 44.2 Å². The van der Waals surface area contributed by atoms with Crippen molar-refractivity contribution in [3.8, 4) is 0 Å². The number of likely N-dealkylation sites (N-methyl/N-ethyl adjacent to an activating group) is 1. The van der Waals surface area contributed by atoms with Crippen LogP contribution >= 0.6 is 0 Å². The Kier molecular flexibility index (Phi) is 5.26. The van der Waals surface area contributed by atoms with E-state index in [1.807, 2.05) is 30.2 Å².